The Morgan fingerprint density at radius 1 is 0.967 bits per heavy atom. The van der Waals surface area contributed by atoms with E-state index in [0.29, 0.717) is 22.9 Å². The molecule has 0 atom stereocenters. The van der Waals surface area contributed by atoms with Crippen molar-refractivity contribution in [2.24, 2.45) is 5.10 Å². The standard InChI is InChI=1S/C23H20ClN3O3/c24-20-11-6-10-18(13-20)23(29)25-15-22(28)27-26-14-19-9-4-5-12-21(19)30-16-17-7-2-1-3-8-17/h1-14H,15-16H2,(H,25,29)(H,27,28). The van der Waals surface area contributed by atoms with Crippen LogP contribution in [0.15, 0.2) is 84.0 Å². The molecule has 30 heavy (non-hydrogen) atoms. The molecule has 0 saturated heterocycles. The molecule has 7 heteroatoms. The third-order valence-corrected chi connectivity index (χ3v) is 4.28. The SMILES string of the molecule is O=C(CNC(=O)c1cccc(Cl)c1)NN=Cc1ccccc1OCc1ccccc1. The lowest BCUT2D eigenvalue weighted by Crippen LogP contribution is -2.34. The van der Waals surface area contributed by atoms with E-state index in [1.54, 1.807) is 18.2 Å². The minimum absolute atomic E-state index is 0.213. The van der Waals surface area contributed by atoms with E-state index in [9.17, 15) is 9.59 Å². The molecule has 0 aromatic heterocycles. The average Bonchev–Trinajstić information content (AvgIpc) is 2.77. The fourth-order valence-corrected chi connectivity index (χ4v) is 2.75. The molecule has 0 fully saturated rings. The van der Waals surface area contributed by atoms with E-state index in [4.69, 9.17) is 16.3 Å². The summed E-state index contributed by atoms with van der Waals surface area (Å²) in [5.74, 6) is -0.200. The molecule has 152 valence electrons. The normalized spacial score (nSPS) is 10.6. The van der Waals surface area contributed by atoms with Gasteiger partial charge in [0.2, 0.25) is 0 Å². The first-order valence-corrected chi connectivity index (χ1v) is 9.61. The Balaban J connectivity index is 1.50. The highest BCUT2D eigenvalue weighted by Crippen LogP contribution is 2.17. The van der Waals surface area contributed by atoms with Gasteiger partial charge in [0.1, 0.15) is 12.4 Å². The van der Waals surface area contributed by atoms with E-state index >= 15 is 0 Å². The van der Waals surface area contributed by atoms with Crippen LogP contribution in [0.5, 0.6) is 5.75 Å². The van der Waals surface area contributed by atoms with Gasteiger partial charge >= 0.3 is 0 Å². The highest BCUT2D eigenvalue weighted by atomic mass is 35.5. The van der Waals surface area contributed by atoms with Crippen LogP contribution in [0.1, 0.15) is 21.5 Å². The summed E-state index contributed by atoms with van der Waals surface area (Å²) in [5.41, 5.74) is 4.53. The molecule has 0 heterocycles. The maximum atomic E-state index is 12.0. The molecule has 0 aliphatic rings. The van der Waals surface area contributed by atoms with Crippen molar-refractivity contribution in [3.8, 4) is 5.75 Å². The van der Waals surface area contributed by atoms with E-state index in [1.165, 1.54) is 12.3 Å². The molecule has 0 spiro atoms. The lowest BCUT2D eigenvalue weighted by atomic mass is 10.2. The van der Waals surface area contributed by atoms with Crippen molar-refractivity contribution < 1.29 is 14.3 Å². The number of carbonyl (C=O) groups is 2. The number of amides is 2. The van der Waals surface area contributed by atoms with Crippen molar-refractivity contribution in [1.82, 2.24) is 10.7 Å². The zero-order chi connectivity index (χ0) is 21.2. The van der Waals surface area contributed by atoms with Crippen molar-refractivity contribution in [2.75, 3.05) is 6.54 Å². The van der Waals surface area contributed by atoms with Crippen LogP contribution in [0, 0.1) is 0 Å². The number of hydrazone groups is 1. The summed E-state index contributed by atoms with van der Waals surface area (Å²) in [5, 5.41) is 6.91. The van der Waals surface area contributed by atoms with Crippen molar-refractivity contribution >= 4 is 29.6 Å². The molecule has 6 nitrogen and oxygen atoms in total. The number of halogens is 1. The zero-order valence-corrected chi connectivity index (χ0v) is 16.8. The van der Waals surface area contributed by atoms with E-state index in [2.05, 4.69) is 15.8 Å². The van der Waals surface area contributed by atoms with Crippen molar-refractivity contribution in [2.45, 2.75) is 6.61 Å². The first-order chi connectivity index (χ1) is 14.6. The van der Waals surface area contributed by atoms with E-state index in [1.807, 2.05) is 54.6 Å². The number of hydrogen-bond acceptors (Lipinski definition) is 4. The molecular weight excluding hydrogens is 402 g/mol. The monoisotopic (exact) mass is 421 g/mol. The Hall–Kier alpha value is -3.64. The van der Waals surface area contributed by atoms with E-state index < -0.39 is 11.8 Å². The van der Waals surface area contributed by atoms with Gasteiger partial charge in [0.25, 0.3) is 11.8 Å². The van der Waals surface area contributed by atoms with Crippen LogP contribution in [0.2, 0.25) is 5.02 Å². The van der Waals surface area contributed by atoms with E-state index in [-0.39, 0.29) is 6.54 Å². The number of rotatable bonds is 8. The Labute approximate surface area is 179 Å². The number of hydrogen-bond donors (Lipinski definition) is 2. The Morgan fingerprint density at radius 3 is 2.53 bits per heavy atom. The number of nitrogens with one attached hydrogen (secondary N) is 2. The molecule has 3 rings (SSSR count). The maximum Gasteiger partial charge on any atom is 0.259 e. The summed E-state index contributed by atoms with van der Waals surface area (Å²) in [4.78, 5) is 24.0. The number of nitrogens with zero attached hydrogens (tertiary/aromatic N) is 1. The summed E-state index contributed by atoms with van der Waals surface area (Å²) in [6.07, 6.45) is 1.50. The van der Waals surface area contributed by atoms with Crippen LogP contribution in [-0.2, 0) is 11.4 Å². The fraction of sp³-hybridized carbons (Fsp3) is 0.0870. The van der Waals surface area contributed by atoms with Crippen LogP contribution >= 0.6 is 11.6 Å². The van der Waals surface area contributed by atoms with E-state index in [0.717, 1.165) is 11.1 Å². The molecule has 2 N–H and O–H groups in total. The molecule has 0 aliphatic carbocycles. The van der Waals surface area contributed by atoms with Gasteiger partial charge in [-0.15, -0.1) is 0 Å². The van der Waals surface area contributed by atoms with Crippen molar-refractivity contribution in [1.29, 1.82) is 0 Å². The first kappa shape index (κ1) is 21.1. The van der Waals surface area contributed by atoms with Gasteiger partial charge in [0.05, 0.1) is 12.8 Å². The fourth-order valence-electron chi connectivity index (χ4n) is 2.56. The third-order valence-electron chi connectivity index (χ3n) is 4.05. The van der Waals surface area contributed by atoms with Crippen LogP contribution < -0.4 is 15.5 Å². The summed E-state index contributed by atoms with van der Waals surface area (Å²) < 4.78 is 5.85. The van der Waals surface area contributed by atoms with Gasteiger partial charge in [-0.3, -0.25) is 9.59 Å². The van der Waals surface area contributed by atoms with Crippen LogP contribution in [0.25, 0.3) is 0 Å². The number of para-hydroxylation sites is 1. The molecule has 0 radical (unpaired) electrons. The second-order valence-electron chi connectivity index (χ2n) is 6.30. The van der Waals surface area contributed by atoms with Crippen molar-refractivity contribution in [3.05, 3.63) is 101 Å². The number of ether oxygens (including phenoxy) is 1. The smallest absolute Gasteiger partial charge is 0.259 e. The topological polar surface area (TPSA) is 79.8 Å². The molecule has 0 bridgehead atoms. The van der Waals surface area contributed by atoms with Crippen LogP contribution in [0.3, 0.4) is 0 Å². The predicted molar refractivity (Wildman–Crippen MR) is 117 cm³/mol. The van der Waals surface area contributed by atoms with Crippen LogP contribution in [0.4, 0.5) is 0 Å². The highest BCUT2D eigenvalue weighted by molar-refractivity contribution is 6.31. The van der Waals surface area contributed by atoms with Gasteiger partial charge in [0, 0.05) is 16.1 Å². The maximum absolute atomic E-state index is 12.0. The minimum atomic E-state index is -0.454. The largest absolute Gasteiger partial charge is 0.488 e. The third kappa shape index (κ3) is 6.46. The molecule has 3 aromatic rings. The predicted octanol–water partition coefficient (Wildman–Crippen LogP) is 3.80. The summed E-state index contributed by atoms with van der Waals surface area (Å²) in [6, 6.07) is 23.7. The van der Waals surface area contributed by atoms with Gasteiger partial charge in [-0.1, -0.05) is 60.1 Å². The van der Waals surface area contributed by atoms with Gasteiger partial charge in [-0.25, -0.2) is 5.43 Å². The Kier molecular flexibility index (Phi) is 7.58. The number of benzene rings is 3. The molecule has 0 saturated carbocycles. The van der Waals surface area contributed by atoms with Gasteiger partial charge in [-0.2, -0.15) is 5.10 Å². The summed E-state index contributed by atoms with van der Waals surface area (Å²) in [6.45, 7) is 0.211. The Morgan fingerprint density at radius 2 is 1.73 bits per heavy atom. The Bertz CT molecular complexity index is 1040. The highest BCUT2D eigenvalue weighted by Gasteiger charge is 2.08. The second-order valence-corrected chi connectivity index (χ2v) is 6.73. The lowest BCUT2D eigenvalue weighted by molar-refractivity contribution is -0.120. The van der Waals surface area contributed by atoms with Crippen molar-refractivity contribution in [3.63, 3.8) is 0 Å². The molecule has 0 aliphatic heterocycles. The van der Waals surface area contributed by atoms with Gasteiger partial charge < -0.3 is 10.1 Å². The van der Waals surface area contributed by atoms with Gasteiger partial charge in [0.15, 0.2) is 0 Å². The first-order valence-electron chi connectivity index (χ1n) is 9.23. The zero-order valence-electron chi connectivity index (χ0n) is 16.0. The summed E-state index contributed by atoms with van der Waals surface area (Å²) in [7, 11) is 0. The molecule has 3 aromatic carbocycles. The minimum Gasteiger partial charge on any atom is -0.488 e. The number of carbonyl (C=O) groups excluding carboxylic acids is 2. The van der Waals surface area contributed by atoms with Crippen LogP contribution in [-0.4, -0.2) is 24.6 Å². The van der Waals surface area contributed by atoms with Gasteiger partial charge in [-0.05, 0) is 35.9 Å². The second kappa shape index (κ2) is 10.8. The quantitative estimate of drug-likeness (QED) is 0.429. The summed E-state index contributed by atoms with van der Waals surface area (Å²) >= 11 is 5.86. The molecule has 2 amide bonds. The average molecular weight is 422 g/mol. The molecule has 0 unspecified atom stereocenters. The lowest BCUT2D eigenvalue weighted by Gasteiger charge is -2.09. The molecular formula is C23H20ClN3O3.